The van der Waals surface area contributed by atoms with Gasteiger partial charge in [-0.15, -0.1) is 0 Å². The first-order valence-electron chi connectivity index (χ1n) is 10.8. The van der Waals surface area contributed by atoms with E-state index in [4.69, 9.17) is 14.2 Å². The van der Waals surface area contributed by atoms with Crippen molar-refractivity contribution in [1.82, 2.24) is 10.6 Å². The average molecular weight is 460 g/mol. The van der Waals surface area contributed by atoms with Crippen LogP contribution in [0.25, 0.3) is 11.1 Å². The maximum Gasteiger partial charge on any atom is 0.325 e. The highest BCUT2D eigenvalue weighted by Gasteiger charge is 2.21. The standard InChI is InChI=1S/C26H24N2O6/c29-24(27-14-21-16-32-22-8-4-5-9-23(22)34-21)17-33-25(30)15-28-26(31)20-12-10-19(11-13-20)18-6-2-1-3-7-18/h1-13,21H,14-17H2,(H,27,29)(H,28,31). The number of carbonyl (C=O) groups excluding carboxylic acids is 3. The van der Waals surface area contributed by atoms with Crippen molar-refractivity contribution in [2.45, 2.75) is 6.10 Å². The molecule has 2 amide bonds. The summed E-state index contributed by atoms with van der Waals surface area (Å²) in [5.74, 6) is -0.317. The molecule has 1 atom stereocenters. The van der Waals surface area contributed by atoms with Crippen molar-refractivity contribution in [1.29, 1.82) is 0 Å². The summed E-state index contributed by atoms with van der Waals surface area (Å²) in [7, 11) is 0. The molecule has 0 fully saturated rings. The van der Waals surface area contributed by atoms with Crippen LogP contribution in [0.3, 0.4) is 0 Å². The van der Waals surface area contributed by atoms with Crippen molar-refractivity contribution in [2.75, 3.05) is 26.3 Å². The van der Waals surface area contributed by atoms with Crippen LogP contribution < -0.4 is 20.1 Å². The van der Waals surface area contributed by atoms with E-state index in [1.807, 2.05) is 60.7 Å². The van der Waals surface area contributed by atoms with Crippen LogP contribution in [-0.2, 0) is 14.3 Å². The van der Waals surface area contributed by atoms with Gasteiger partial charge in [0.1, 0.15) is 19.3 Å². The molecule has 2 N–H and O–H groups in total. The molecule has 1 aliphatic rings. The number of benzene rings is 3. The molecule has 3 aromatic rings. The van der Waals surface area contributed by atoms with Gasteiger partial charge in [0.05, 0.1) is 6.54 Å². The van der Waals surface area contributed by atoms with Crippen molar-refractivity contribution in [3.8, 4) is 22.6 Å². The number of amides is 2. The number of fused-ring (bicyclic) bond motifs is 1. The molecule has 8 heteroatoms. The lowest BCUT2D eigenvalue weighted by atomic mass is 10.0. The summed E-state index contributed by atoms with van der Waals surface area (Å²) in [6, 6.07) is 24.1. The molecule has 0 saturated heterocycles. The maximum absolute atomic E-state index is 12.3. The summed E-state index contributed by atoms with van der Waals surface area (Å²) in [5.41, 5.74) is 2.45. The topological polar surface area (TPSA) is 103 Å². The van der Waals surface area contributed by atoms with E-state index in [1.54, 1.807) is 18.2 Å². The van der Waals surface area contributed by atoms with E-state index >= 15 is 0 Å². The molecule has 8 nitrogen and oxygen atoms in total. The molecule has 0 aromatic heterocycles. The minimum absolute atomic E-state index is 0.209. The number of para-hydroxylation sites is 2. The molecule has 1 aliphatic heterocycles. The van der Waals surface area contributed by atoms with Gasteiger partial charge in [0.15, 0.2) is 18.1 Å². The van der Waals surface area contributed by atoms with Gasteiger partial charge in [0.25, 0.3) is 11.8 Å². The fraction of sp³-hybridized carbons (Fsp3) is 0.192. The molecule has 1 unspecified atom stereocenters. The normalized spacial score (nSPS) is 14.1. The largest absolute Gasteiger partial charge is 0.486 e. The van der Waals surface area contributed by atoms with Crippen LogP contribution in [0.1, 0.15) is 10.4 Å². The molecule has 0 spiro atoms. The Balaban J connectivity index is 1.14. The van der Waals surface area contributed by atoms with E-state index in [-0.39, 0.29) is 19.2 Å². The summed E-state index contributed by atoms with van der Waals surface area (Å²) in [4.78, 5) is 36.2. The Hall–Kier alpha value is -4.33. The summed E-state index contributed by atoms with van der Waals surface area (Å²) >= 11 is 0. The summed E-state index contributed by atoms with van der Waals surface area (Å²) in [5, 5.41) is 5.13. The smallest absolute Gasteiger partial charge is 0.325 e. The number of nitrogens with one attached hydrogen (secondary N) is 2. The lowest BCUT2D eigenvalue weighted by molar-refractivity contribution is -0.147. The first-order chi connectivity index (χ1) is 16.6. The molecule has 3 aromatic carbocycles. The highest BCUT2D eigenvalue weighted by molar-refractivity contribution is 5.96. The lowest BCUT2D eigenvalue weighted by Crippen LogP contribution is -2.42. The Kier molecular flexibility index (Phi) is 7.39. The van der Waals surface area contributed by atoms with Gasteiger partial charge in [-0.1, -0.05) is 54.6 Å². The fourth-order valence-electron chi connectivity index (χ4n) is 3.34. The monoisotopic (exact) mass is 460 g/mol. The van der Waals surface area contributed by atoms with Crippen molar-refractivity contribution in [3.63, 3.8) is 0 Å². The van der Waals surface area contributed by atoms with E-state index in [0.29, 0.717) is 23.7 Å². The predicted octanol–water partition coefficient (Wildman–Crippen LogP) is 2.58. The Morgan fingerprint density at radius 1 is 0.824 bits per heavy atom. The number of esters is 1. The van der Waals surface area contributed by atoms with E-state index in [0.717, 1.165) is 11.1 Å². The first-order valence-corrected chi connectivity index (χ1v) is 10.8. The van der Waals surface area contributed by atoms with Crippen LogP contribution in [0.4, 0.5) is 0 Å². The molecule has 1 heterocycles. The van der Waals surface area contributed by atoms with Crippen LogP contribution in [0, 0.1) is 0 Å². The van der Waals surface area contributed by atoms with Gasteiger partial charge in [-0.05, 0) is 35.4 Å². The zero-order chi connectivity index (χ0) is 23.8. The second-order valence-electron chi connectivity index (χ2n) is 7.59. The van der Waals surface area contributed by atoms with Gasteiger partial charge in [-0.2, -0.15) is 0 Å². The molecule has 0 radical (unpaired) electrons. The zero-order valence-corrected chi connectivity index (χ0v) is 18.4. The molecule has 34 heavy (non-hydrogen) atoms. The van der Waals surface area contributed by atoms with Gasteiger partial charge in [-0.25, -0.2) is 0 Å². The Labute approximate surface area is 196 Å². The Morgan fingerprint density at radius 3 is 2.26 bits per heavy atom. The SMILES string of the molecule is O=C(COC(=O)CNC(=O)c1ccc(-c2ccccc2)cc1)NCC1COc2ccccc2O1. The third-order valence-electron chi connectivity index (χ3n) is 5.11. The predicted molar refractivity (Wildman–Crippen MR) is 125 cm³/mol. The highest BCUT2D eigenvalue weighted by Crippen LogP contribution is 2.30. The Morgan fingerprint density at radius 2 is 1.50 bits per heavy atom. The molecular formula is C26H24N2O6. The van der Waals surface area contributed by atoms with E-state index in [9.17, 15) is 14.4 Å². The van der Waals surface area contributed by atoms with Crippen molar-refractivity contribution < 1.29 is 28.6 Å². The number of ether oxygens (including phenoxy) is 3. The van der Waals surface area contributed by atoms with Crippen LogP contribution in [-0.4, -0.2) is 50.2 Å². The lowest BCUT2D eigenvalue weighted by Gasteiger charge is -2.26. The fourth-order valence-corrected chi connectivity index (χ4v) is 3.34. The minimum atomic E-state index is -0.712. The zero-order valence-electron chi connectivity index (χ0n) is 18.4. The quantitative estimate of drug-likeness (QED) is 0.501. The second-order valence-corrected chi connectivity index (χ2v) is 7.59. The molecule has 0 bridgehead atoms. The highest BCUT2D eigenvalue weighted by atomic mass is 16.6. The molecular weight excluding hydrogens is 436 g/mol. The second kappa shape index (κ2) is 11.0. The third kappa shape index (κ3) is 6.13. The number of carbonyl (C=O) groups is 3. The van der Waals surface area contributed by atoms with Gasteiger partial charge in [-0.3, -0.25) is 14.4 Å². The molecule has 174 valence electrons. The van der Waals surface area contributed by atoms with E-state index in [1.165, 1.54) is 0 Å². The number of rotatable bonds is 8. The van der Waals surface area contributed by atoms with Crippen molar-refractivity contribution in [2.24, 2.45) is 0 Å². The Bertz CT molecular complexity index is 1150. The average Bonchev–Trinajstić information content (AvgIpc) is 2.89. The first kappa shape index (κ1) is 22.8. The van der Waals surface area contributed by atoms with Crippen molar-refractivity contribution in [3.05, 3.63) is 84.4 Å². The molecule has 0 saturated carbocycles. The van der Waals surface area contributed by atoms with E-state index in [2.05, 4.69) is 10.6 Å². The molecule has 0 aliphatic carbocycles. The number of hydrogen-bond donors (Lipinski definition) is 2. The van der Waals surface area contributed by atoms with Crippen LogP contribution >= 0.6 is 0 Å². The van der Waals surface area contributed by atoms with Gasteiger partial charge < -0.3 is 24.8 Å². The van der Waals surface area contributed by atoms with Gasteiger partial charge in [0.2, 0.25) is 0 Å². The number of hydrogen-bond acceptors (Lipinski definition) is 6. The molecule has 4 rings (SSSR count). The van der Waals surface area contributed by atoms with E-state index < -0.39 is 24.4 Å². The summed E-state index contributed by atoms with van der Waals surface area (Å²) in [6.45, 7) is -0.288. The minimum Gasteiger partial charge on any atom is -0.486 e. The summed E-state index contributed by atoms with van der Waals surface area (Å²) in [6.07, 6.45) is -0.345. The van der Waals surface area contributed by atoms with Crippen molar-refractivity contribution >= 4 is 17.8 Å². The maximum atomic E-state index is 12.3. The van der Waals surface area contributed by atoms with Crippen LogP contribution in [0.2, 0.25) is 0 Å². The van der Waals surface area contributed by atoms with Crippen LogP contribution in [0.5, 0.6) is 11.5 Å². The third-order valence-corrected chi connectivity index (χ3v) is 5.11. The van der Waals surface area contributed by atoms with Gasteiger partial charge >= 0.3 is 5.97 Å². The summed E-state index contributed by atoms with van der Waals surface area (Å²) < 4.78 is 16.3. The van der Waals surface area contributed by atoms with Gasteiger partial charge in [0, 0.05) is 5.56 Å². The van der Waals surface area contributed by atoms with Crippen LogP contribution in [0.15, 0.2) is 78.9 Å².